The second-order valence-corrected chi connectivity index (χ2v) is 7.42. The van der Waals surface area contributed by atoms with Crippen LogP contribution in [0.3, 0.4) is 0 Å². The average Bonchev–Trinajstić information content (AvgIpc) is 2.77. The van der Waals surface area contributed by atoms with Crippen molar-refractivity contribution in [3.8, 4) is 11.5 Å². The van der Waals surface area contributed by atoms with Gasteiger partial charge in [-0.1, -0.05) is 32.0 Å². The van der Waals surface area contributed by atoms with Gasteiger partial charge in [-0.05, 0) is 73.1 Å². The minimum absolute atomic E-state index is 0.105. The summed E-state index contributed by atoms with van der Waals surface area (Å²) < 4.78 is 11.7. The van der Waals surface area contributed by atoms with Crippen LogP contribution in [0.4, 0.5) is 0 Å². The fourth-order valence-electron chi connectivity index (χ4n) is 3.23. The monoisotopic (exact) mass is 402 g/mol. The summed E-state index contributed by atoms with van der Waals surface area (Å²) >= 11 is 0. The van der Waals surface area contributed by atoms with E-state index in [1.165, 1.54) is 0 Å². The Morgan fingerprint density at radius 3 is 2.24 bits per heavy atom. The van der Waals surface area contributed by atoms with E-state index >= 15 is 0 Å². The number of aliphatic hydroxyl groups is 3. The molecule has 5 nitrogen and oxygen atoms in total. The second kappa shape index (κ2) is 11.8. The summed E-state index contributed by atoms with van der Waals surface area (Å²) in [5, 5.41) is 29.0. The standard InChI is InChI=1S/C24H34O5/c1-3-24(27,4-2)12-5-6-13-28-22-9-7-8-19(14-22)18-29-23-11-10-20(16-25)21(15-23)17-26/h7-11,14-15,25-27H,3-6,12-13,16-18H2,1-2H3. The fraction of sp³-hybridized carbons (Fsp3) is 0.500. The van der Waals surface area contributed by atoms with Crippen molar-refractivity contribution < 1.29 is 24.8 Å². The molecule has 0 bridgehead atoms. The van der Waals surface area contributed by atoms with Crippen molar-refractivity contribution in [1.82, 2.24) is 0 Å². The summed E-state index contributed by atoms with van der Waals surface area (Å²) in [6.07, 6.45) is 4.23. The van der Waals surface area contributed by atoms with E-state index in [0.29, 0.717) is 30.1 Å². The molecule has 0 amide bonds. The highest BCUT2D eigenvalue weighted by molar-refractivity contribution is 5.35. The van der Waals surface area contributed by atoms with Gasteiger partial charge in [0.1, 0.15) is 18.1 Å². The van der Waals surface area contributed by atoms with Crippen molar-refractivity contribution in [2.45, 2.75) is 71.4 Å². The molecule has 0 unspecified atom stereocenters. The smallest absolute Gasteiger partial charge is 0.120 e. The van der Waals surface area contributed by atoms with Gasteiger partial charge in [0.25, 0.3) is 0 Å². The number of ether oxygens (including phenoxy) is 2. The SMILES string of the molecule is CCC(O)(CC)CCCCOc1cccc(COc2ccc(CO)c(CO)c2)c1. The first kappa shape index (κ1) is 23.2. The zero-order valence-electron chi connectivity index (χ0n) is 17.6. The van der Waals surface area contributed by atoms with E-state index in [2.05, 4.69) is 0 Å². The van der Waals surface area contributed by atoms with Crippen molar-refractivity contribution >= 4 is 0 Å². The highest BCUT2D eigenvalue weighted by atomic mass is 16.5. The van der Waals surface area contributed by atoms with Crippen molar-refractivity contribution in [2.75, 3.05) is 6.61 Å². The van der Waals surface area contributed by atoms with Crippen molar-refractivity contribution in [3.63, 3.8) is 0 Å². The minimum Gasteiger partial charge on any atom is -0.494 e. The van der Waals surface area contributed by atoms with Crippen molar-refractivity contribution in [1.29, 1.82) is 0 Å². The van der Waals surface area contributed by atoms with Gasteiger partial charge in [0.2, 0.25) is 0 Å². The molecule has 0 aromatic heterocycles. The van der Waals surface area contributed by atoms with E-state index in [9.17, 15) is 15.3 Å². The molecule has 2 rings (SSSR count). The third-order valence-corrected chi connectivity index (χ3v) is 5.44. The highest BCUT2D eigenvalue weighted by Gasteiger charge is 2.20. The molecule has 29 heavy (non-hydrogen) atoms. The summed E-state index contributed by atoms with van der Waals surface area (Å²) in [6.45, 7) is 4.82. The lowest BCUT2D eigenvalue weighted by Crippen LogP contribution is -2.26. The summed E-state index contributed by atoms with van der Waals surface area (Å²) in [5.74, 6) is 1.45. The molecule has 5 heteroatoms. The van der Waals surface area contributed by atoms with Gasteiger partial charge in [-0.2, -0.15) is 0 Å². The first-order chi connectivity index (χ1) is 14.0. The lowest BCUT2D eigenvalue weighted by atomic mass is 9.91. The molecule has 3 N–H and O–H groups in total. The summed E-state index contributed by atoms with van der Waals surface area (Å²) in [5.41, 5.74) is 1.82. The van der Waals surface area contributed by atoms with Gasteiger partial charge in [0.05, 0.1) is 25.4 Å². The topological polar surface area (TPSA) is 79.2 Å². The number of hydrogen-bond donors (Lipinski definition) is 3. The molecular weight excluding hydrogens is 368 g/mol. The van der Waals surface area contributed by atoms with Gasteiger partial charge in [-0.15, -0.1) is 0 Å². The average molecular weight is 403 g/mol. The number of hydrogen-bond acceptors (Lipinski definition) is 5. The van der Waals surface area contributed by atoms with Crippen LogP contribution in [0.25, 0.3) is 0 Å². The Kier molecular flexibility index (Phi) is 9.45. The lowest BCUT2D eigenvalue weighted by molar-refractivity contribution is 0.0205. The Bertz CT molecular complexity index is 740. The normalized spacial score (nSPS) is 11.5. The second-order valence-electron chi connectivity index (χ2n) is 7.42. The van der Waals surface area contributed by atoms with Gasteiger partial charge >= 0.3 is 0 Å². The maximum absolute atomic E-state index is 10.3. The Morgan fingerprint density at radius 1 is 0.828 bits per heavy atom. The molecule has 0 spiro atoms. The van der Waals surface area contributed by atoms with Crippen LogP contribution in [0.5, 0.6) is 11.5 Å². The quantitative estimate of drug-likeness (QED) is 0.434. The van der Waals surface area contributed by atoms with E-state index in [-0.39, 0.29) is 13.2 Å². The van der Waals surface area contributed by atoms with E-state index in [0.717, 1.165) is 43.4 Å². The summed E-state index contributed by atoms with van der Waals surface area (Å²) in [7, 11) is 0. The minimum atomic E-state index is -0.539. The maximum atomic E-state index is 10.3. The van der Waals surface area contributed by atoms with E-state index < -0.39 is 5.60 Å². The molecule has 2 aromatic carbocycles. The van der Waals surface area contributed by atoms with Gasteiger partial charge in [0, 0.05) is 0 Å². The van der Waals surface area contributed by atoms with E-state index in [1.807, 2.05) is 38.1 Å². The number of unbranched alkanes of at least 4 members (excludes halogenated alkanes) is 1. The first-order valence-corrected chi connectivity index (χ1v) is 10.4. The zero-order chi connectivity index (χ0) is 21.1. The Labute approximate surface area is 173 Å². The summed E-state index contributed by atoms with van der Waals surface area (Å²) in [4.78, 5) is 0. The van der Waals surface area contributed by atoms with Crippen LogP contribution in [0, 0.1) is 0 Å². The predicted octanol–water partition coefficient (Wildman–Crippen LogP) is 4.35. The molecule has 2 aromatic rings. The Hall–Kier alpha value is -2.08. The number of benzene rings is 2. The lowest BCUT2D eigenvalue weighted by Gasteiger charge is -2.24. The molecule has 0 fully saturated rings. The molecule has 0 aliphatic rings. The molecule has 0 aliphatic carbocycles. The Morgan fingerprint density at radius 2 is 1.55 bits per heavy atom. The first-order valence-electron chi connectivity index (χ1n) is 10.4. The number of aliphatic hydroxyl groups excluding tert-OH is 2. The van der Waals surface area contributed by atoms with E-state index in [4.69, 9.17) is 9.47 Å². The van der Waals surface area contributed by atoms with Crippen LogP contribution in [0.1, 0.15) is 62.6 Å². The van der Waals surface area contributed by atoms with Crippen molar-refractivity contribution in [3.05, 3.63) is 59.2 Å². The third kappa shape index (κ3) is 7.35. The molecule has 0 atom stereocenters. The van der Waals surface area contributed by atoms with Crippen LogP contribution in [-0.4, -0.2) is 27.5 Å². The van der Waals surface area contributed by atoms with Gasteiger partial charge in [-0.25, -0.2) is 0 Å². The largest absolute Gasteiger partial charge is 0.494 e. The fourth-order valence-corrected chi connectivity index (χ4v) is 3.23. The van der Waals surface area contributed by atoms with Crippen LogP contribution in [-0.2, 0) is 19.8 Å². The van der Waals surface area contributed by atoms with Gasteiger partial charge in [-0.3, -0.25) is 0 Å². The molecular formula is C24H34O5. The molecule has 0 saturated heterocycles. The number of rotatable bonds is 13. The van der Waals surface area contributed by atoms with Crippen LogP contribution < -0.4 is 9.47 Å². The Balaban J connectivity index is 1.81. The van der Waals surface area contributed by atoms with Crippen LogP contribution in [0.2, 0.25) is 0 Å². The molecule has 0 radical (unpaired) electrons. The van der Waals surface area contributed by atoms with Gasteiger partial charge < -0.3 is 24.8 Å². The van der Waals surface area contributed by atoms with Crippen LogP contribution >= 0.6 is 0 Å². The van der Waals surface area contributed by atoms with Crippen LogP contribution in [0.15, 0.2) is 42.5 Å². The molecule has 0 aliphatic heterocycles. The maximum Gasteiger partial charge on any atom is 0.120 e. The molecule has 0 heterocycles. The highest BCUT2D eigenvalue weighted by Crippen LogP contribution is 2.23. The zero-order valence-corrected chi connectivity index (χ0v) is 17.6. The predicted molar refractivity (Wildman–Crippen MR) is 114 cm³/mol. The van der Waals surface area contributed by atoms with Crippen molar-refractivity contribution in [2.24, 2.45) is 0 Å². The summed E-state index contributed by atoms with van der Waals surface area (Å²) in [6, 6.07) is 13.1. The third-order valence-electron chi connectivity index (χ3n) is 5.44. The molecule has 0 saturated carbocycles. The molecule has 160 valence electrons. The van der Waals surface area contributed by atoms with E-state index in [1.54, 1.807) is 18.2 Å². The van der Waals surface area contributed by atoms with Gasteiger partial charge in [0.15, 0.2) is 0 Å².